The van der Waals surface area contributed by atoms with Gasteiger partial charge in [-0.3, -0.25) is 0 Å². The van der Waals surface area contributed by atoms with Crippen LogP contribution in [0.25, 0.3) is 11.1 Å². The molecule has 106 valence electrons. The van der Waals surface area contributed by atoms with E-state index in [4.69, 9.17) is 9.92 Å². The van der Waals surface area contributed by atoms with E-state index < -0.39 is 10.1 Å². The minimum atomic E-state index is -3.52. The van der Waals surface area contributed by atoms with Gasteiger partial charge in [0.1, 0.15) is 5.75 Å². The van der Waals surface area contributed by atoms with E-state index >= 15 is 0 Å². The third kappa shape index (κ3) is 3.30. The summed E-state index contributed by atoms with van der Waals surface area (Å²) in [7, 11) is -3.52. The molecule has 20 heavy (non-hydrogen) atoms. The number of hydrogen-bond acceptors (Lipinski definition) is 4. The van der Waals surface area contributed by atoms with Crippen LogP contribution < -0.4 is 9.92 Å². The molecule has 2 rings (SSSR count). The number of benzene rings is 2. The highest BCUT2D eigenvalue weighted by atomic mass is 32.2. The van der Waals surface area contributed by atoms with Crippen LogP contribution >= 0.6 is 0 Å². The van der Waals surface area contributed by atoms with Gasteiger partial charge in [0, 0.05) is 5.69 Å². The van der Waals surface area contributed by atoms with E-state index in [2.05, 4.69) is 0 Å². The van der Waals surface area contributed by atoms with Gasteiger partial charge in [0.25, 0.3) is 0 Å². The lowest BCUT2D eigenvalue weighted by atomic mass is 9.96. The second-order valence-electron chi connectivity index (χ2n) is 4.54. The fourth-order valence-corrected chi connectivity index (χ4v) is 2.61. The van der Waals surface area contributed by atoms with Crippen molar-refractivity contribution in [1.82, 2.24) is 0 Å². The molecule has 0 aliphatic rings. The molecule has 0 unspecified atom stereocenters. The Kier molecular flexibility index (Phi) is 3.99. The fourth-order valence-electron chi connectivity index (χ4n) is 2.16. The molecule has 0 spiro atoms. The van der Waals surface area contributed by atoms with E-state index in [1.54, 1.807) is 18.2 Å². The molecule has 0 aliphatic heterocycles. The summed E-state index contributed by atoms with van der Waals surface area (Å²) in [5.74, 6) is 0.300. The van der Waals surface area contributed by atoms with Gasteiger partial charge in [-0.25, -0.2) is 0 Å². The molecule has 0 saturated carbocycles. The van der Waals surface area contributed by atoms with Crippen molar-refractivity contribution in [3.8, 4) is 16.9 Å². The molecule has 0 bridgehead atoms. The zero-order valence-electron chi connectivity index (χ0n) is 11.5. The quantitative estimate of drug-likeness (QED) is 0.694. The molecule has 2 aromatic rings. The average molecular weight is 291 g/mol. The van der Waals surface area contributed by atoms with Gasteiger partial charge in [0.05, 0.1) is 6.26 Å². The summed E-state index contributed by atoms with van der Waals surface area (Å²) < 4.78 is 27.3. The summed E-state index contributed by atoms with van der Waals surface area (Å²) in [5.41, 5.74) is 9.64. The first kappa shape index (κ1) is 14.4. The van der Waals surface area contributed by atoms with E-state index in [-0.39, 0.29) is 0 Å². The van der Waals surface area contributed by atoms with Gasteiger partial charge < -0.3 is 9.92 Å². The molecule has 0 aromatic heterocycles. The summed E-state index contributed by atoms with van der Waals surface area (Å²) in [6.07, 6.45) is 1.83. The van der Waals surface area contributed by atoms with Crippen LogP contribution in [0, 0.1) is 0 Å². The maximum absolute atomic E-state index is 11.2. The van der Waals surface area contributed by atoms with Crippen molar-refractivity contribution in [2.75, 3.05) is 12.0 Å². The normalized spacial score (nSPS) is 11.3. The number of anilines is 1. The van der Waals surface area contributed by atoms with Gasteiger partial charge in [0.2, 0.25) is 0 Å². The van der Waals surface area contributed by atoms with Crippen molar-refractivity contribution >= 4 is 15.8 Å². The standard InChI is InChI=1S/C15H17NO3S/c1-3-13-14(8-5-9-15(13)16)11-6-4-7-12(10-11)19-20(2,17)18/h4-10H,3,16H2,1-2H3. The Morgan fingerprint density at radius 2 is 1.85 bits per heavy atom. The van der Waals surface area contributed by atoms with Crippen molar-refractivity contribution in [3.63, 3.8) is 0 Å². The van der Waals surface area contributed by atoms with E-state index in [9.17, 15) is 8.42 Å². The number of nitrogen functional groups attached to an aromatic ring is 1. The third-order valence-corrected chi connectivity index (χ3v) is 3.45. The highest BCUT2D eigenvalue weighted by Gasteiger charge is 2.09. The van der Waals surface area contributed by atoms with E-state index in [0.717, 1.165) is 35.1 Å². The number of nitrogens with two attached hydrogens (primary N) is 1. The Balaban J connectivity index is 2.49. The lowest BCUT2D eigenvalue weighted by molar-refractivity contribution is 0.493. The van der Waals surface area contributed by atoms with Gasteiger partial charge in [-0.15, -0.1) is 0 Å². The monoisotopic (exact) mass is 291 g/mol. The van der Waals surface area contributed by atoms with Crippen molar-refractivity contribution < 1.29 is 12.6 Å². The van der Waals surface area contributed by atoms with Gasteiger partial charge in [-0.05, 0) is 41.3 Å². The first-order valence-corrected chi connectivity index (χ1v) is 8.09. The van der Waals surface area contributed by atoms with Crippen LogP contribution in [-0.4, -0.2) is 14.7 Å². The lowest BCUT2D eigenvalue weighted by Crippen LogP contribution is -2.05. The van der Waals surface area contributed by atoms with Crippen LogP contribution in [0.1, 0.15) is 12.5 Å². The van der Waals surface area contributed by atoms with E-state index in [1.165, 1.54) is 0 Å². The van der Waals surface area contributed by atoms with Crippen molar-refractivity contribution in [2.24, 2.45) is 0 Å². The van der Waals surface area contributed by atoms with Crippen LogP contribution in [0.5, 0.6) is 5.75 Å². The summed E-state index contributed by atoms with van der Waals surface area (Å²) in [6.45, 7) is 2.03. The van der Waals surface area contributed by atoms with Crippen LogP contribution in [0.3, 0.4) is 0 Å². The highest BCUT2D eigenvalue weighted by Crippen LogP contribution is 2.30. The Hall–Kier alpha value is -2.01. The number of hydrogen-bond donors (Lipinski definition) is 1. The first-order valence-electron chi connectivity index (χ1n) is 6.28. The predicted octanol–water partition coefficient (Wildman–Crippen LogP) is 2.84. The summed E-state index contributed by atoms with van der Waals surface area (Å²) in [4.78, 5) is 0. The van der Waals surface area contributed by atoms with Crippen LogP contribution in [0.15, 0.2) is 42.5 Å². The molecular formula is C15H17NO3S. The molecule has 0 amide bonds. The zero-order valence-corrected chi connectivity index (χ0v) is 12.3. The molecule has 2 N–H and O–H groups in total. The molecule has 0 heterocycles. The molecular weight excluding hydrogens is 274 g/mol. The van der Waals surface area contributed by atoms with Gasteiger partial charge in [0.15, 0.2) is 0 Å². The van der Waals surface area contributed by atoms with Crippen molar-refractivity contribution in [2.45, 2.75) is 13.3 Å². The zero-order chi connectivity index (χ0) is 14.8. The van der Waals surface area contributed by atoms with Gasteiger partial charge >= 0.3 is 10.1 Å². The Morgan fingerprint density at radius 1 is 1.15 bits per heavy atom. The lowest BCUT2D eigenvalue weighted by Gasteiger charge is -2.12. The van der Waals surface area contributed by atoms with Gasteiger partial charge in [-0.1, -0.05) is 31.2 Å². The molecule has 0 aliphatic carbocycles. The number of rotatable bonds is 4. The predicted molar refractivity (Wildman–Crippen MR) is 81.1 cm³/mol. The summed E-state index contributed by atoms with van der Waals surface area (Å²) in [6, 6.07) is 12.7. The topological polar surface area (TPSA) is 69.4 Å². The molecule has 2 aromatic carbocycles. The van der Waals surface area contributed by atoms with Crippen LogP contribution in [0.4, 0.5) is 5.69 Å². The molecule has 0 fully saturated rings. The summed E-state index contributed by atoms with van der Waals surface area (Å²) >= 11 is 0. The highest BCUT2D eigenvalue weighted by molar-refractivity contribution is 7.86. The largest absolute Gasteiger partial charge is 0.398 e. The molecule has 4 nitrogen and oxygen atoms in total. The molecule has 0 radical (unpaired) electrons. The van der Waals surface area contributed by atoms with E-state index in [0.29, 0.717) is 5.75 Å². The Bertz CT molecular complexity index is 724. The van der Waals surface area contributed by atoms with Crippen molar-refractivity contribution in [3.05, 3.63) is 48.0 Å². The minimum absolute atomic E-state index is 0.300. The Labute approximate surface area is 119 Å². The van der Waals surface area contributed by atoms with E-state index in [1.807, 2.05) is 31.2 Å². The molecule has 0 atom stereocenters. The SMILES string of the molecule is CCc1c(N)cccc1-c1cccc(OS(C)(=O)=O)c1. The second-order valence-corrected chi connectivity index (χ2v) is 6.12. The average Bonchev–Trinajstić information content (AvgIpc) is 2.36. The van der Waals surface area contributed by atoms with Crippen LogP contribution in [-0.2, 0) is 16.5 Å². The first-order chi connectivity index (χ1) is 9.40. The maximum Gasteiger partial charge on any atom is 0.306 e. The van der Waals surface area contributed by atoms with Crippen molar-refractivity contribution in [1.29, 1.82) is 0 Å². The Morgan fingerprint density at radius 3 is 2.50 bits per heavy atom. The third-order valence-electron chi connectivity index (χ3n) is 2.96. The van der Waals surface area contributed by atoms with Gasteiger partial charge in [-0.2, -0.15) is 8.42 Å². The molecule has 5 heteroatoms. The second kappa shape index (κ2) is 5.54. The smallest absolute Gasteiger partial charge is 0.306 e. The fraction of sp³-hybridized carbons (Fsp3) is 0.200. The molecule has 0 saturated heterocycles. The summed E-state index contributed by atoms with van der Waals surface area (Å²) in [5, 5.41) is 0. The maximum atomic E-state index is 11.2. The minimum Gasteiger partial charge on any atom is -0.398 e. The van der Waals surface area contributed by atoms with Crippen LogP contribution in [0.2, 0.25) is 0 Å².